The lowest BCUT2D eigenvalue weighted by atomic mass is 10.2. The summed E-state index contributed by atoms with van der Waals surface area (Å²) in [4.78, 5) is 14.7. The summed E-state index contributed by atoms with van der Waals surface area (Å²) in [5.41, 5.74) is 0.826. The van der Waals surface area contributed by atoms with E-state index in [4.69, 9.17) is 40.2 Å². The molecule has 0 unspecified atom stereocenters. The average molecular weight is 374 g/mol. The molecule has 1 aromatic rings. The van der Waals surface area contributed by atoms with Crippen molar-refractivity contribution in [3.8, 4) is 0 Å². The Morgan fingerprint density at radius 2 is 2.23 bits per heavy atom. The van der Waals surface area contributed by atoms with Crippen LogP contribution in [-0.4, -0.2) is 34.4 Å². The second-order valence-corrected chi connectivity index (χ2v) is 7.59. The zero-order valence-electron chi connectivity index (χ0n) is 11.6. The van der Waals surface area contributed by atoms with Gasteiger partial charge in [0.1, 0.15) is 4.32 Å². The molecule has 1 atom stereocenters. The van der Waals surface area contributed by atoms with Crippen molar-refractivity contribution < 1.29 is 9.53 Å². The highest BCUT2D eigenvalue weighted by molar-refractivity contribution is 8.26. The highest BCUT2D eigenvalue weighted by Gasteiger charge is 2.34. The molecule has 2 aliphatic rings. The van der Waals surface area contributed by atoms with Crippen LogP contribution >= 0.6 is 47.2 Å². The van der Waals surface area contributed by atoms with Gasteiger partial charge in [0, 0.05) is 6.61 Å². The van der Waals surface area contributed by atoms with Gasteiger partial charge < -0.3 is 4.74 Å². The van der Waals surface area contributed by atoms with E-state index >= 15 is 0 Å². The molecular formula is C15H13Cl2NO2S2. The first-order chi connectivity index (χ1) is 10.5. The van der Waals surface area contributed by atoms with Gasteiger partial charge in [0.2, 0.25) is 0 Å². The summed E-state index contributed by atoms with van der Waals surface area (Å²) in [6.07, 6.45) is 3.89. The molecule has 0 aliphatic carbocycles. The lowest BCUT2D eigenvalue weighted by Gasteiger charge is -2.18. The van der Waals surface area contributed by atoms with Crippen LogP contribution in [0.4, 0.5) is 0 Å². The average Bonchev–Trinajstić information content (AvgIpc) is 3.08. The lowest BCUT2D eigenvalue weighted by molar-refractivity contribution is -0.123. The number of halogens is 2. The molecule has 7 heteroatoms. The highest BCUT2D eigenvalue weighted by Crippen LogP contribution is 2.34. The van der Waals surface area contributed by atoms with Gasteiger partial charge in [0.05, 0.1) is 27.6 Å². The topological polar surface area (TPSA) is 29.5 Å². The second-order valence-electron chi connectivity index (χ2n) is 5.10. The van der Waals surface area contributed by atoms with Gasteiger partial charge in [-0.2, -0.15) is 0 Å². The van der Waals surface area contributed by atoms with E-state index in [2.05, 4.69) is 0 Å². The number of amides is 1. The molecule has 2 aliphatic heterocycles. The van der Waals surface area contributed by atoms with Crippen LogP contribution in [0, 0.1) is 0 Å². The van der Waals surface area contributed by atoms with Gasteiger partial charge in [-0.3, -0.25) is 9.69 Å². The van der Waals surface area contributed by atoms with E-state index in [1.54, 1.807) is 23.1 Å². The zero-order valence-corrected chi connectivity index (χ0v) is 14.7. The molecular weight excluding hydrogens is 361 g/mol. The molecule has 3 nitrogen and oxygen atoms in total. The molecule has 2 saturated heterocycles. The molecule has 2 fully saturated rings. The minimum absolute atomic E-state index is 0.0726. The van der Waals surface area contributed by atoms with Crippen LogP contribution in [0.25, 0.3) is 6.08 Å². The van der Waals surface area contributed by atoms with Gasteiger partial charge in [-0.25, -0.2) is 0 Å². The van der Waals surface area contributed by atoms with Crippen molar-refractivity contribution in [1.82, 2.24) is 4.90 Å². The highest BCUT2D eigenvalue weighted by atomic mass is 35.5. The molecule has 0 radical (unpaired) electrons. The van der Waals surface area contributed by atoms with E-state index in [1.807, 2.05) is 6.07 Å². The summed E-state index contributed by atoms with van der Waals surface area (Å²) in [5.74, 6) is -0.0726. The van der Waals surface area contributed by atoms with Gasteiger partial charge in [-0.15, -0.1) is 0 Å². The first kappa shape index (κ1) is 16.3. The van der Waals surface area contributed by atoms with E-state index in [0.29, 0.717) is 25.8 Å². The van der Waals surface area contributed by atoms with Crippen LogP contribution in [0.15, 0.2) is 23.1 Å². The number of hydrogen-bond donors (Lipinski definition) is 0. The standard InChI is InChI=1S/C15H13Cl2NO2S2/c16-11-4-3-9(6-12(11)17)7-13-14(19)18(15(21)22-13)8-10-2-1-5-20-10/h3-4,6-7,10H,1-2,5,8H2/b13-7-/t10-/m1/s1. The third kappa shape index (κ3) is 3.49. The minimum Gasteiger partial charge on any atom is -0.376 e. The maximum Gasteiger partial charge on any atom is 0.266 e. The molecule has 0 saturated carbocycles. The van der Waals surface area contributed by atoms with Gasteiger partial charge in [-0.1, -0.05) is 53.2 Å². The van der Waals surface area contributed by atoms with Gasteiger partial charge >= 0.3 is 0 Å². The summed E-state index contributed by atoms with van der Waals surface area (Å²) in [6.45, 7) is 1.29. The molecule has 1 amide bonds. The molecule has 0 spiro atoms. The van der Waals surface area contributed by atoms with Gasteiger partial charge in [0.25, 0.3) is 5.91 Å². The van der Waals surface area contributed by atoms with Crippen LogP contribution in [0.3, 0.4) is 0 Å². The van der Waals surface area contributed by atoms with Crippen molar-refractivity contribution in [3.05, 3.63) is 38.7 Å². The Hall–Kier alpha value is -0.590. The number of hydrogen-bond acceptors (Lipinski definition) is 4. The Morgan fingerprint density at radius 3 is 2.91 bits per heavy atom. The summed E-state index contributed by atoms with van der Waals surface area (Å²) >= 11 is 18.5. The molecule has 0 bridgehead atoms. The molecule has 2 heterocycles. The molecule has 0 N–H and O–H groups in total. The quantitative estimate of drug-likeness (QED) is 0.580. The summed E-state index contributed by atoms with van der Waals surface area (Å²) < 4.78 is 6.16. The Morgan fingerprint density at radius 1 is 1.41 bits per heavy atom. The van der Waals surface area contributed by atoms with Crippen molar-refractivity contribution in [2.24, 2.45) is 0 Å². The number of rotatable bonds is 3. The SMILES string of the molecule is O=C1/C(=C/c2ccc(Cl)c(Cl)c2)SC(=S)N1C[C@H]1CCCO1. The summed E-state index contributed by atoms with van der Waals surface area (Å²) in [6, 6.07) is 5.26. The largest absolute Gasteiger partial charge is 0.376 e. The van der Waals surface area contributed by atoms with Crippen molar-refractivity contribution in [1.29, 1.82) is 0 Å². The summed E-state index contributed by atoms with van der Waals surface area (Å²) in [7, 11) is 0. The van der Waals surface area contributed by atoms with Gasteiger partial charge in [-0.05, 0) is 36.6 Å². The van der Waals surface area contributed by atoms with Crippen LogP contribution in [0.1, 0.15) is 18.4 Å². The van der Waals surface area contributed by atoms with Crippen LogP contribution in [0.5, 0.6) is 0 Å². The summed E-state index contributed by atoms with van der Waals surface area (Å²) in [5, 5.41) is 0.954. The fraction of sp³-hybridized carbons (Fsp3) is 0.333. The van der Waals surface area contributed by atoms with Crippen LogP contribution in [0.2, 0.25) is 10.0 Å². The fourth-order valence-corrected chi connectivity index (χ4v) is 3.98. The van der Waals surface area contributed by atoms with Crippen molar-refractivity contribution in [2.75, 3.05) is 13.2 Å². The van der Waals surface area contributed by atoms with Crippen LogP contribution in [-0.2, 0) is 9.53 Å². The Labute approximate surface area is 148 Å². The predicted octanol–water partition coefficient (Wildman–Crippen LogP) is 4.37. The maximum absolute atomic E-state index is 12.5. The van der Waals surface area contributed by atoms with Crippen molar-refractivity contribution in [3.63, 3.8) is 0 Å². The number of ether oxygens (including phenoxy) is 1. The maximum atomic E-state index is 12.5. The molecule has 3 rings (SSSR count). The molecule has 116 valence electrons. The third-order valence-corrected chi connectivity index (χ3v) is 5.64. The molecule has 0 aromatic heterocycles. The number of thioether (sulfide) groups is 1. The molecule has 22 heavy (non-hydrogen) atoms. The van der Waals surface area contributed by atoms with E-state index in [0.717, 1.165) is 25.0 Å². The first-order valence-electron chi connectivity index (χ1n) is 6.86. The van der Waals surface area contributed by atoms with Gasteiger partial charge in [0.15, 0.2) is 0 Å². The number of thiocarbonyl (C=S) groups is 1. The normalized spacial score (nSPS) is 23.8. The Kier molecular flexibility index (Phi) is 5.10. The van der Waals surface area contributed by atoms with Crippen LogP contribution < -0.4 is 0 Å². The van der Waals surface area contributed by atoms with E-state index in [9.17, 15) is 4.79 Å². The third-order valence-electron chi connectivity index (χ3n) is 3.53. The minimum atomic E-state index is -0.0726. The zero-order chi connectivity index (χ0) is 15.7. The van der Waals surface area contributed by atoms with Crippen molar-refractivity contribution in [2.45, 2.75) is 18.9 Å². The Bertz CT molecular complexity index is 657. The lowest BCUT2D eigenvalue weighted by Crippen LogP contribution is -2.35. The smallest absolute Gasteiger partial charge is 0.266 e. The Balaban J connectivity index is 1.77. The number of benzene rings is 1. The number of nitrogens with zero attached hydrogens (tertiary/aromatic N) is 1. The van der Waals surface area contributed by atoms with Crippen molar-refractivity contribution >= 4 is 63.5 Å². The monoisotopic (exact) mass is 373 g/mol. The number of carbonyl (C=O) groups excluding carboxylic acids is 1. The fourth-order valence-electron chi connectivity index (χ4n) is 2.40. The second kappa shape index (κ2) is 6.89. The van der Waals surface area contributed by atoms with E-state index < -0.39 is 0 Å². The predicted molar refractivity (Wildman–Crippen MR) is 95.3 cm³/mol. The first-order valence-corrected chi connectivity index (χ1v) is 8.84. The number of carbonyl (C=O) groups is 1. The van der Waals surface area contributed by atoms with E-state index in [1.165, 1.54) is 11.8 Å². The molecule has 1 aromatic carbocycles. The van der Waals surface area contributed by atoms with E-state index in [-0.39, 0.29) is 12.0 Å².